The average Bonchev–Trinajstić information content (AvgIpc) is 2.02. The minimum Gasteiger partial charge on any atom is -0.496 e. The Labute approximate surface area is 77.1 Å². The number of hydrogen-bond acceptors (Lipinski definition) is 2. The van der Waals surface area contributed by atoms with Gasteiger partial charge in [0.1, 0.15) is 5.75 Å². The minimum atomic E-state index is 0.682. The van der Waals surface area contributed by atoms with Gasteiger partial charge >= 0.3 is 0 Å². The maximum absolute atomic E-state index is 5.29. The molecule has 2 heteroatoms. The standard InChI is InChI=1S/C10H12OS/c1-11-9-5-3-2-4-8(9)10-6-7-12-10/h2-5,10H,6-7H2,1H3. The van der Waals surface area contributed by atoms with E-state index in [0.29, 0.717) is 5.25 Å². The van der Waals surface area contributed by atoms with E-state index in [1.54, 1.807) is 7.11 Å². The molecule has 0 spiro atoms. The zero-order chi connectivity index (χ0) is 8.39. The molecule has 2 rings (SSSR count). The van der Waals surface area contributed by atoms with E-state index in [4.69, 9.17) is 4.74 Å². The monoisotopic (exact) mass is 180 g/mol. The van der Waals surface area contributed by atoms with Crippen molar-refractivity contribution in [1.29, 1.82) is 0 Å². The van der Waals surface area contributed by atoms with E-state index in [9.17, 15) is 0 Å². The summed E-state index contributed by atoms with van der Waals surface area (Å²) in [6.45, 7) is 0. The third-order valence-electron chi connectivity index (χ3n) is 2.18. The van der Waals surface area contributed by atoms with Crippen molar-refractivity contribution >= 4 is 11.8 Å². The molecule has 1 aromatic rings. The highest BCUT2D eigenvalue weighted by molar-refractivity contribution is 8.00. The van der Waals surface area contributed by atoms with Gasteiger partial charge in [0.2, 0.25) is 0 Å². The Balaban J connectivity index is 2.27. The molecule has 1 heterocycles. The third-order valence-corrected chi connectivity index (χ3v) is 3.55. The van der Waals surface area contributed by atoms with Crippen LogP contribution in [-0.2, 0) is 0 Å². The molecule has 0 bridgehead atoms. The van der Waals surface area contributed by atoms with Gasteiger partial charge in [0.25, 0.3) is 0 Å². The molecule has 0 aromatic heterocycles. The molecule has 1 atom stereocenters. The highest BCUT2D eigenvalue weighted by Crippen LogP contribution is 2.45. The summed E-state index contributed by atoms with van der Waals surface area (Å²) in [6.07, 6.45) is 1.30. The van der Waals surface area contributed by atoms with Gasteiger partial charge in [0.05, 0.1) is 7.11 Å². The Morgan fingerprint density at radius 2 is 2.17 bits per heavy atom. The molecule has 0 aliphatic carbocycles. The normalized spacial score (nSPS) is 21.6. The second-order valence-corrected chi connectivity index (χ2v) is 4.20. The van der Waals surface area contributed by atoms with E-state index < -0.39 is 0 Å². The summed E-state index contributed by atoms with van der Waals surface area (Å²) in [7, 11) is 1.74. The highest BCUT2D eigenvalue weighted by atomic mass is 32.2. The van der Waals surface area contributed by atoms with E-state index >= 15 is 0 Å². The molecule has 1 aromatic carbocycles. The molecule has 12 heavy (non-hydrogen) atoms. The molecule has 0 N–H and O–H groups in total. The quantitative estimate of drug-likeness (QED) is 0.692. The molecule has 1 nitrogen and oxygen atoms in total. The number of thioether (sulfide) groups is 1. The molecule has 1 fully saturated rings. The van der Waals surface area contributed by atoms with Crippen molar-refractivity contribution in [2.45, 2.75) is 11.7 Å². The maximum Gasteiger partial charge on any atom is 0.123 e. The van der Waals surface area contributed by atoms with Gasteiger partial charge in [-0.15, -0.1) is 0 Å². The number of hydrogen-bond donors (Lipinski definition) is 0. The van der Waals surface area contributed by atoms with E-state index in [1.165, 1.54) is 17.7 Å². The second kappa shape index (κ2) is 3.40. The van der Waals surface area contributed by atoms with Gasteiger partial charge in [-0.3, -0.25) is 0 Å². The zero-order valence-corrected chi connectivity index (χ0v) is 7.93. The van der Waals surface area contributed by atoms with E-state index in [0.717, 1.165) is 5.75 Å². The molecular weight excluding hydrogens is 168 g/mol. The predicted octanol–water partition coefficient (Wildman–Crippen LogP) is 2.87. The first kappa shape index (κ1) is 7.99. The molecule has 1 aliphatic heterocycles. The van der Waals surface area contributed by atoms with Crippen molar-refractivity contribution in [3.8, 4) is 5.75 Å². The van der Waals surface area contributed by atoms with Crippen LogP contribution in [0.3, 0.4) is 0 Å². The molecule has 0 radical (unpaired) electrons. The molecule has 0 amide bonds. The Bertz CT molecular complexity index is 268. The van der Waals surface area contributed by atoms with Gasteiger partial charge in [0, 0.05) is 10.8 Å². The lowest BCUT2D eigenvalue weighted by Gasteiger charge is -2.26. The number of benzene rings is 1. The van der Waals surface area contributed by atoms with Gasteiger partial charge in [-0.2, -0.15) is 11.8 Å². The lowest BCUT2D eigenvalue weighted by molar-refractivity contribution is 0.408. The van der Waals surface area contributed by atoms with Crippen molar-refractivity contribution < 1.29 is 4.74 Å². The van der Waals surface area contributed by atoms with Crippen LogP contribution in [0.4, 0.5) is 0 Å². The van der Waals surface area contributed by atoms with E-state index in [1.807, 2.05) is 23.9 Å². The second-order valence-electron chi connectivity index (χ2n) is 2.89. The Hall–Kier alpha value is -0.630. The van der Waals surface area contributed by atoms with Gasteiger partial charge < -0.3 is 4.74 Å². The summed E-state index contributed by atoms with van der Waals surface area (Å²) < 4.78 is 5.29. The summed E-state index contributed by atoms with van der Waals surface area (Å²) in [6, 6.07) is 8.30. The number of methoxy groups -OCH3 is 1. The third kappa shape index (κ3) is 1.31. The summed E-state index contributed by atoms with van der Waals surface area (Å²) in [5.41, 5.74) is 1.36. The van der Waals surface area contributed by atoms with Crippen molar-refractivity contribution in [2.24, 2.45) is 0 Å². The molecule has 0 saturated carbocycles. The zero-order valence-electron chi connectivity index (χ0n) is 7.12. The predicted molar refractivity (Wildman–Crippen MR) is 52.8 cm³/mol. The van der Waals surface area contributed by atoms with Gasteiger partial charge in [-0.25, -0.2) is 0 Å². The van der Waals surface area contributed by atoms with Gasteiger partial charge in [-0.1, -0.05) is 18.2 Å². The summed E-state index contributed by atoms with van der Waals surface area (Å²) in [5.74, 6) is 2.33. The van der Waals surface area contributed by atoms with Crippen molar-refractivity contribution in [2.75, 3.05) is 12.9 Å². The fourth-order valence-electron chi connectivity index (χ4n) is 1.41. The van der Waals surface area contributed by atoms with Crippen LogP contribution in [0.25, 0.3) is 0 Å². The number of ether oxygens (including phenoxy) is 1. The summed E-state index contributed by atoms with van der Waals surface area (Å²) >= 11 is 2.01. The van der Waals surface area contributed by atoms with Gasteiger partial charge in [0.15, 0.2) is 0 Å². The fraction of sp³-hybridized carbons (Fsp3) is 0.400. The van der Waals surface area contributed by atoms with Crippen LogP contribution in [0, 0.1) is 0 Å². The lowest BCUT2D eigenvalue weighted by Crippen LogP contribution is -2.07. The SMILES string of the molecule is COc1ccccc1C1CCS1. The van der Waals surface area contributed by atoms with Crippen molar-refractivity contribution in [3.05, 3.63) is 29.8 Å². The van der Waals surface area contributed by atoms with E-state index in [-0.39, 0.29) is 0 Å². The Morgan fingerprint density at radius 3 is 2.75 bits per heavy atom. The molecule has 64 valence electrons. The van der Waals surface area contributed by atoms with E-state index in [2.05, 4.69) is 12.1 Å². The fourth-order valence-corrected chi connectivity index (χ4v) is 2.26. The van der Waals surface area contributed by atoms with Crippen LogP contribution in [0.5, 0.6) is 5.75 Å². The molecule has 1 aliphatic rings. The topological polar surface area (TPSA) is 9.23 Å². The summed E-state index contributed by atoms with van der Waals surface area (Å²) in [4.78, 5) is 0. The number of rotatable bonds is 2. The Kier molecular flexibility index (Phi) is 2.26. The van der Waals surface area contributed by atoms with Crippen molar-refractivity contribution in [1.82, 2.24) is 0 Å². The van der Waals surface area contributed by atoms with Crippen LogP contribution in [0.15, 0.2) is 24.3 Å². The van der Waals surface area contributed by atoms with Crippen LogP contribution < -0.4 is 4.74 Å². The first-order chi connectivity index (χ1) is 5.92. The van der Waals surface area contributed by atoms with Crippen LogP contribution in [0.2, 0.25) is 0 Å². The molecule has 1 unspecified atom stereocenters. The minimum absolute atomic E-state index is 0.682. The smallest absolute Gasteiger partial charge is 0.123 e. The first-order valence-corrected chi connectivity index (χ1v) is 5.21. The van der Waals surface area contributed by atoms with Gasteiger partial charge in [-0.05, 0) is 18.2 Å². The first-order valence-electron chi connectivity index (χ1n) is 4.16. The Morgan fingerprint density at radius 1 is 1.42 bits per heavy atom. The van der Waals surface area contributed by atoms with Crippen LogP contribution in [0.1, 0.15) is 17.2 Å². The highest BCUT2D eigenvalue weighted by Gasteiger charge is 2.22. The maximum atomic E-state index is 5.29. The molecular formula is C10H12OS. The lowest BCUT2D eigenvalue weighted by atomic mass is 10.1. The summed E-state index contributed by atoms with van der Waals surface area (Å²) in [5, 5.41) is 0.682. The van der Waals surface area contributed by atoms with Crippen molar-refractivity contribution in [3.63, 3.8) is 0 Å². The number of para-hydroxylation sites is 1. The van der Waals surface area contributed by atoms with Crippen LogP contribution in [-0.4, -0.2) is 12.9 Å². The average molecular weight is 180 g/mol. The molecule has 1 saturated heterocycles. The largest absolute Gasteiger partial charge is 0.496 e. The van der Waals surface area contributed by atoms with Crippen LogP contribution >= 0.6 is 11.8 Å².